The molecule has 0 rings (SSSR count). The predicted molar refractivity (Wildman–Crippen MR) is 58.8 cm³/mol. The molecule has 0 aliphatic carbocycles. The standard InChI is InChI=1S/C12H25O/c1-4-7-9-10-12(6-3)13-11-8-5-2/h12H,3-11H2,1-2H3. The van der Waals surface area contributed by atoms with Crippen LogP contribution in [0.1, 0.15) is 58.8 Å². The second-order valence-electron chi connectivity index (χ2n) is 3.63. The molecule has 1 nitrogen and oxygen atoms in total. The van der Waals surface area contributed by atoms with Crippen molar-refractivity contribution in [3.8, 4) is 0 Å². The Morgan fingerprint density at radius 3 is 2.31 bits per heavy atom. The van der Waals surface area contributed by atoms with Gasteiger partial charge in [-0.25, -0.2) is 0 Å². The van der Waals surface area contributed by atoms with Crippen molar-refractivity contribution in [2.24, 2.45) is 0 Å². The monoisotopic (exact) mass is 185 g/mol. The minimum Gasteiger partial charge on any atom is -0.378 e. The average molecular weight is 185 g/mol. The molecule has 0 amide bonds. The fourth-order valence-electron chi connectivity index (χ4n) is 1.33. The second-order valence-corrected chi connectivity index (χ2v) is 3.63. The molecule has 0 aliphatic rings. The van der Waals surface area contributed by atoms with Crippen molar-refractivity contribution < 1.29 is 4.74 Å². The first-order valence-corrected chi connectivity index (χ1v) is 5.76. The zero-order chi connectivity index (χ0) is 9.94. The summed E-state index contributed by atoms with van der Waals surface area (Å²) in [5.41, 5.74) is 0. The maximum absolute atomic E-state index is 5.72. The van der Waals surface area contributed by atoms with Crippen LogP contribution in [0, 0.1) is 6.92 Å². The van der Waals surface area contributed by atoms with Gasteiger partial charge in [-0.2, -0.15) is 0 Å². The van der Waals surface area contributed by atoms with E-state index < -0.39 is 0 Å². The molecule has 1 atom stereocenters. The molecule has 1 radical (unpaired) electrons. The van der Waals surface area contributed by atoms with Crippen molar-refractivity contribution >= 4 is 0 Å². The van der Waals surface area contributed by atoms with E-state index in [-0.39, 0.29) is 0 Å². The number of rotatable bonds is 9. The maximum Gasteiger partial charge on any atom is 0.0575 e. The fraction of sp³-hybridized carbons (Fsp3) is 0.917. The lowest BCUT2D eigenvalue weighted by Gasteiger charge is -2.15. The van der Waals surface area contributed by atoms with Crippen LogP contribution in [0.15, 0.2) is 0 Å². The van der Waals surface area contributed by atoms with Crippen LogP contribution in [0.2, 0.25) is 0 Å². The van der Waals surface area contributed by atoms with Crippen molar-refractivity contribution in [3.05, 3.63) is 6.92 Å². The van der Waals surface area contributed by atoms with Gasteiger partial charge >= 0.3 is 0 Å². The SMILES string of the molecule is [CH2]CC(CCCCC)OCCCC. The molecule has 0 fully saturated rings. The summed E-state index contributed by atoms with van der Waals surface area (Å²) in [6.45, 7) is 9.27. The van der Waals surface area contributed by atoms with E-state index in [1.165, 1.54) is 38.5 Å². The van der Waals surface area contributed by atoms with E-state index in [1.54, 1.807) is 0 Å². The number of unbranched alkanes of at least 4 members (excludes halogenated alkanes) is 3. The zero-order valence-corrected chi connectivity index (χ0v) is 9.35. The highest BCUT2D eigenvalue weighted by Crippen LogP contribution is 2.10. The summed E-state index contributed by atoms with van der Waals surface area (Å²) < 4.78 is 5.72. The molecule has 0 aliphatic heterocycles. The molecule has 79 valence electrons. The Hall–Kier alpha value is -0.0400. The molecule has 0 saturated heterocycles. The van der Waals surface area contributed by atoms with Gasteiger partial charge in [0.25, 0.3) is 0 Å². The Kier molecular flexibility index (Phi) is 10.0. The van der Waals surface area contributed by atoms with Crippen LogP contribution in [0.5, 0.6) is 0 Å². The van der Waals surface area contributed by atoms with Gasteiger partial charge in [-0.05, 0) is 19.3 Å². The quantitative estimate of drug-likeness (QED) is 0.494. The Morgan fingerprint density at radius 1 is 1.08 bits per heavy atom. The Balaban J connectivity index is 3.28. The molecular formula is C12H25O. The molecule has 1 unspecified atom stereocenters. The first-order valence-electron chi connectivity index (χ1n) is 5.76. The summed E-state index contributed by atoms with van der Waals surface area (Å²) >= 11 is 0. The highest BCUT2D eigenvalue weighted by Gasteiger charge is 2.04. The smallest absolute Gasteiger partial charge is 0.0575 e. The molecule has 0 bridgehead atoms. The van der Waals surface area contributed by atoms with Crippen LogP contribution in [-0.2, 0) is 4.74 Å². The number of ether oxygens (including phenoxy) is 1. The number of hydrogen-bond acceptors (Lipinski definition) is 1. The fourth-order valence-corrected chi connectivity index (χ4v) is 1.33. The van der Waals surface area contributed by atoms with Crippen molar-refractivity contribution in [2.45, 2.75) is 64.9 Å². The van der Waals surface area contributed by atoms with E-state index in [1.807, 2.05) is 0 Å². The summed E-state index contributed by atoms with van der Waals surface area (Å²) in [6, 6.07) is 0. The molecule has 0 N–H and O–H groups in total. The molecule has 1 heteroatoms. The highest BCUT2D eigenvalue weighted by atomic mass is 16.5. The molecule has 0 spiro atoms. The van der Waals surface area contributed by atoms with Gasteiger partial charge in [-0.15, -0.1) is 0 Å². The van der Waals surface area contributed by atoms with Crippen molar-refractivity contribution in [1.29, 1.82) is 0 Å². The topological polar surface area (TPSA) is 9.23 Å². The first kappa shape index (κ1) is 13.0. The summed E-state index contributed by atoms with van der Waals surface area (Å²) in [5.74, 6) is 0. The first-order chi connectivity index (χ1) is 6.35. The van der Waals surface area contributed by atoms with E-state index in [4.69, 9.17) is 4.74 Å². The van der Waals surface area contributed by atoms with E-state index in [0.717, 1.165) is 13.0 Å². The number of hydrogen-bond donors (Lipinski definition) is 0. The maximum atomic E-state index is 5.72. The van der Waals surface area contributed by atoms with E-state index in [0.29, 0.717) is 6.10 Å². The second kappa shape index (κ2) is 10.0. The normalized spacial score (nSPS) is 13.2. The molecule has 13 heavy (non-hydrogen) atoms. The van der Waals surface area contributed by atoms with Gasteiger partial charge in [0.2, 0.25) is 0 Å². The average Bonchev–Trinajstić information content (AvgIpc) is 2.16. The van der Waals surface area contributed by atoms with E-state index in [2.05, 4.69) is 20.8 Å². The largest absolute Gasteiger partial charge is 0.378 e. The van der Waals surface area contributed by atoms with Gasteiger partial charge in [0, 0.05) is 6.61 Å². The van der Waals surface area contributed by atoms with Crippen LogP contribution in [-0.4, -0.2) is 12.7 Å². The van der Waals surface area contributed by atoms with Gasteiger partial charge in [-0.1, -0.05) is 46.5 Å². The lowest BCUT2D eigenvalue weighted by atomic mass is 10.1. The van der Waals surface area contributed by atoms with E-state index >= 15 is 0 Å². The summed E-state index contributed by atoms with van der Waals surface area (Å²) in [6.07, 6.45) is 8.85. The van der Waals surface area contributed by atoms with Crippen LogP contribution in [0.3, 0.4) is 0 Å². The Labute approximate surface area is 83.9 Å². The van der Waals surface area contributed by atoms with Crippen molar-refractivity contribution in [2.75, 3.05) is 6.61 Å². The summed E-state index contributed by atoms with van der Waals surface area (Å²) in [4.78, 5) is 0. The molecule has 0 saturated carbocycles. The minimum atomic E-state index is 0.415. The Morgan fingerprint density at radius 2 is 1.77 bits per heavy atom. The third kappa shape index (κ3) is 8.29. The Bertz CT molecular complexity index is 81.1. The molecule has 0 aromatic heterocycles. The van der Waals surface area contributed by atoms with Gasteiger partial charge < -0.3 is 4.74 Å². The van der Waals surface area contributed by atoms with Crippen molar-refractivity contribution in [3.63, 3.8) is 0 Å². The molecular weight excluding hydrogens is 160 g/mol. The minimum absolute atomic E-state index is 0.415. The van der Waals surface area contributed by atoms with Crippen LogP contribution in [0.4, 0.5) is 0 Å². The van der Waals surface area contributed by atoms with E-state index in [9.17, 15) is 0 Å². The summed E-state index contributed by atoms with van der Waals surface area (Å²) in [5, 5.41) is 0. The summed E-state index contributed by atoms with van der Waals surface area (Å²) in [7, 11) is 0. The lowest BCUT2D eigenvalue weighted by Crippen LogP contribution is -2.12. The third-order valence-electron chi connectivity index (χ3n) is 2.30. The van der Waals surface area contributed by atoms with Gasteiger partial charge in [0.1, 0.15) is 0 Å². The zero-order valence-electron chi connectivity index (χ0n) is 9.35. The molecule has 0 aromatic rings. The van der Waals surface area contributed by atoms with Gasteiger partial charge in [0.15, 0.2) is 0 Å². The van der Waals surface area contributed by atoms with Gasteiger partial charge in [0.05, 0.1) is 6.10 Å². The predicted octanol–water partition coefficient (Wildman–Crippen LogP) is 3.98. The van der Waals surface area contributed by atoms with Crippen LogP contribution in [0.25, 0.3) is 0 Å². The van der Waals surface area contributed by atoms with Crippen molar-refractivity contribution in [1.82, 2.24) is 0 Å². The highest BCUT2D eigenvalue weighted by molar-refractivity contribution is 4.59. The molecule has 0 heterocycles. The van der Waals surface area contributed by atoms with Gasteiger partial charge in [-0.3, -0.25) is 0 Å². The molecule has 0 aromatic carbocycles. The third-order valence-corrected chi connectivity index (χ3v) is 2.30. The van der Waals surface area contributed by atoms with Crippen LogP contribution >= 0.6 is 0 Å². The van der Waals surface area contributed by atoms with Crippen LogP contribution < -0.4 is 0 Å². The lowest BCUT2D eigenvalue weighted by molar-refractivity contribution is 0.0455.